The average molecular weight is 497 g/mol. The Morgan fingerprint density at radius 3 is 2.59 bits per heavy atom. The van der Waals surface area contributed by atoms with Crippen molar-refractivity contribution in [1.29, 1.82) is 0 Å². The van der Waals surface area contributed by atoms with E-state index in [1.54, 1.807) is 36.7 Å². The van der Waals surface area contributed by atoms with Gasteiger partial charge >= 0.3 is 0 Å². The van der Waals surface area contributed by atoms with Gasteiger partial charge in [-0.3, -0.25) is 14.9 Å². The molecule has 8 heteroatoms. The van der Waals surface area contributed by atoms with Crippen LogP contribution in [0.4, 0.5) is 10.1 Å². The number of amides is 1. The number of pyridine rings is 1. The molecule has 5 rings (SSSR count). The highest BCUT2D eigenvalue weighted by Crippen LogP contribution is 2.27. The van der Waals surface area contributed by atoms with E-state index in [0.29, 0.717) is 17.1 Å². The molecule has 4 N–H and O–H groups in total. The molecule has 0 bridgehead atoms. The monoisotopic (exact) mass is 496 g/mol. The molecule has 37 heavy (non-hydrogen) atoms. The number of aromatic amines is 1. The summed E-state index contributed by atoms with van der Waals surface area (Å²) in [7, 11) is 0. The van der Waals surface area contributed by atoms with Gasteiger partial charge < -0.3 is 16.0 Å². The number of allylic oxidation sites excluding steroid dienone is 2. The molecular formula is C29H29FN6O. The van der Waals surface area contributed by atoms with Crippen LogP contribution in [0.2, 0.25) is 0 Å². The van der Waals surface area contributed by atoms with Gasteiger partial charge in [-0.25, -0.2) is 4.39 Å². The molecule has 0 atom stereocenters. The van der Waals surface area contributed by atoms with Crippen molar-refractivity contribution in [3.05, 3.63) is 95.8 Å². The fourth-order valence-corrected chi connectivity index (χ4v) is 4.62. The number of benzene rings is 2. The van der Waals surface area contributed by atoms with Crippen LogP contribution in [0.1, 0.15) is 42.2 Å². The third-order valence-corrected chi connectivity index (χ3v) is 6.66. The molecule has 0 saturated carbocycles. The van der Waals surface area contributed by atoms with Crippen LogP contribution in [0.3, 0.4) is 0 Å². The first-order valence-corrected chi connectivity index (χ1v) is 12.4. The fourth-order valence-electron chi connectivity index (χ4n) is 4.62. The van der Waals surface area contributed by atoms with Crippen molar-refractivity contribution >= 4 is 28.1 Å². The lowest BCUT2D eigenvalue weighted by Crippen LogP contribution is -2.18. The maximum absolute atomic E-state index is 13.2. The Labute approximate surface area is 214 Å². The van der Waals surface area contributed by atoms with E-state index in [0.717, 1.165) is 52.8 Å². The van der Waals surface area contributed by atoms with E-state index in [2.05, 4.69) is 38.4 Å². The average Bonchev–Trinajstić information content (AvgIpc) is 3.61. The van der Waals surface area contributed by atoms with Gasteiger partial charge in [-0.05, 0) is 85.0 Å². The zero-order chi connectivity index (χ0) is 25.8. The summed E-state index contributed by atoms with van der Waals surface area (Å²) in [6, 6.07) is 15.6. The molecule has 1 fully saturated rings. The minimum absolute atomic E-state index is 0.300. The summed E-state index contributed by atoms with van der Waals surface area (Å²) in [5, 5.41) is 10.8. The normalized spacial score (nSPS) is 14.4. The molecule has 0 unspecified atom stereocenters. The number of hydrogen-bond donors (Lipinski definition) is 3. The molecule has 0 spiro atoms. The van der Waals surface area contributed by atoms with Crippen molar-refractivity contribution in [1.82, 2.24) is 20.1 Å². The van der Waals surface area contributed by atoms with E-state index in [4.69, 9.17) is 5.73 Å². The minimum Gasteiger partial charge on any atom is -0.403 e. The lowest BCUT2D eigenvalue weighted by molar-refractivity contribution is 0.102. The summed E-state index contributed by atoms with van der Waals surface area (Å²) in [4.78, 5) is 19.8. The summed E-state index contributed by atoms with van der Waals surface area (Å²) in [6.45, 7) is 4.14. The second kappa shape index (κ2) is 10.7. The van der Waals surface area contributed by atoms with Gasteiger partial charge in [-0.1, -0.05) is 13.0 Å². The zero-order valence-electron chi connectivity index (χ0n) is 20.7. The molecule has 0 aliphatic carbocycles. The first-order chi connectivity index (χ1) is 18.1. The molecule has 1 amide bonds. The Hall–Kier alpha value is -4.46. The number of nitrogens with zero attached hydrogens (tertiary/aromatic N) is 3. The lowest BCUT2D eigenvalue weighted by Gasteiger charge is -2.19. The van der Waals surface area contributed by atoms with E-state index in [9.17, 15) is 9.18 Å². The molecule has 188 valence electrons. The number of hydrogen-bond acceptors (Lipinski definition) is 5. The summed E-state index contributed by atoms with van der Waals surface area (Å²) in [5.74, 6) is -0.632. The van der Waals surface area contributed by atoms with Crippen LogP contribution in [-0.2, 0) is 0 Å². The van der Waals surface area contributed by atoms with Gasteiger partial charge in [0.25, 0.3) is 5.91 Å². The van der Waals surface area contributed by atoms with E-state index < -0.39 is 0 Å². The molecule has 1 saturated heterocycles. The van der Waals surface area contributed by atoms with Crippen LogP contribution in [0.15, 0.2) is 78.8 Å². The summed E-state index contributed by atoms with van der Waals surface area (Å²) >= 11 is 0. The van der Waals surface area contributed by atoms with Crippen LogP contribution >= 0.6 is 0 Å². The van der Waals surface area contributed by atoms with E-state index in [1.807, 2.05) is 18.2 Å². The number of carbonyl (C=O) groups is 1. The quantitative estimate of drug-likeness (QED) is 0.285. The van der Waals surface area contributed by atoms with Gasteiger partial charge in [0.05, 0.1) is 28.8 Å². The third-order valence-electron chi connectivity index (χ3n) is 6.66. The highest BCUT2D eigenvalue weighted by atomic mass is 19.1. The number of nitrogens with two attached hydrogens (primary N) is 1. The molecule has 3 heterocycles. The highest BCUT2D eigenvalue weighted by molar-refractivity contribution is 6.11. The first kappa shape index (κ1) is 24.2. The number of carbonyl (C=O) groups excluding carboxylic acids is 1. The van der Waals surface area contributed by atoms with Gasteiger partial charge in [-0.15, -0.1) is 0 Å². The lowest BCUT2D eigenvalue weighted by atomic mass is 9.99. The maximum Gasteiger partial charge on any atom is 0.276 e. The van der Waals surface area contributed by atoms with Crippen molar-refractivity contribution in [2.75, 3.05) is 18.4 Å². The van der Waals surface area contributed by atoms with Crippen molar-refractivity contribution in [3.63, 3.8) is 0 Å². The molecule has 1 aliphatic heterocycles. The van der Waals surface area contributed by atoms with Crippen molar-refractivity contribution in [2.24, 2.45) is 5.73 Å². The first-order valence-electron chi connectivity index (χ1n) is 12.4. The predicted molar refractivity (Wildman–Crippen MR) is 145 cm³/mol. The SMILES string of the molecule is CC/C(=C\C(=C/N)N1CCCC1)c1ccc2[nH]nc(C(=O)Nc3ccc(-c4ccc(F)cc4)nc3)c2c1. The smallest absolute Gasteiger partial charge is 0.276 e. The number of fused-ring (bicyclic) bond motifs is 1. The predicted octanol–water partition coefficient (Wildman–Crippen LogP) is 5.71. The van der Waals surface area contributed by atoms with Crippen molar-refractivity contribution in [3.8, 4) is 11.3 Å². The number of likely N-dealkylation sites (tertiary alicyclic amines) is 1. The number of H-pyrrole nitrogens is 1. The number of rotatable bonds is 7. The van der Waals surface area contributed by atoms with Crippen LogP contribution in [0, 0.1) is 5.82 Å². The molecule has 2 aromatic heterocycles. The largest absolute Gasteiger partial charge is 0.403 e. The Morgan fingerprint density at radius 1 is 1.14 bits per heavy atom. The Balaban J connectivity index is 1.37. The van der Waals surface area contributed by atoms with Gasteiger partial charge in [0.2, 0.25) is 0 Å². The number of aromatic nitrogens is 3. The van der Waals surface area contributed by atoms with Crippen molar-refractivity contribution < 1.29 is 9.18 Å². The molecule has 7 nitrogen and oxygen atoms in total. The Morgan fingerprint density at radius 2 is 1.92 bits per heavy atom. The second-order valence-electron chi connectivity index (χ2n) is 9.03. The number of anilines is 1. The second-order valence-corrected chi connectivity index (χ2v) is 9.03. The molecular weight excluding hydrogens is 467 g/mol. The van der Waals surface area contributed by atoms with E-state index in [-0.39, 0.29) is 11.7 Å². The fraction of sp³-hybridized carbons (Fsp3) is 0.207. The van der Waals surface area contributed by atoms with E-state index in [1.165, 1.54) is 25.0 Å². The minimum atomic E-state index is -0.332. The maximum atomic E-state index is 13.2. The highest BCUT2D eigenvalue weighted by Gasteiger charge is 2.17. The van der Waals surface area contributed by atoms with E-state index >= 15 is 0 Å². The molecule has 4 aromatic rings. The molecule has 1 aliphatic rings. The van der Waals surface area contributed by atoms with Crippen LogP contribution in [-0.4, -0.2) is 39.1 Å². The Kier molecular flexibility index (Phi) is 6.98. The van der Waals surface area contributed by atoms with Crippen LogP contribution < -0.4 is 11.1 Å². The summed E-state index contributed by atoms with van der Waals surface area (Å²) < 4.78 is 13.2. The zero-order valence-corrected chi connectivity index (χ0v) is 20.7. The third kappa shape index (κ3) is 5.23. The summed E-state index contributed by atoms with van der Waals surface area (Å²) in [6.07, 6.45) is 8.56. The van der Waals surface area contributed by atoms with Crippen LogP contribution in [0.5, 0.6) is 0 Å². The van der Waals surface area contributed by atoms with Gasteiger partial charge in [0, 0.05) is 30.2 Å². The standard InChI is InChI=1S/C29H29FN6O/c1-2-19(15-24(17-31)36-13-3-4-14-36)21-7-11-27-25(16-21)28(35-34-27)29(37)33-23-10-12-26(32-18-23)20-5-8-22(30)9-6-20/h5-12,15-18H,2-4,13-14,31H2,1H3,(H,33,37)(H,34,35)/b19-15+,24-17+. The Bertz CT molecular complexity index is 1460. The molecule has 2 aromatic carbocycles. The van der Waals surface area contributed by atoms with Crippen LogP contribution in [0.25, 0.3) is 27.7 Å². The van der Waals surface area contributed by atoms with Gasteiger partial charge in [-0.2, -0.15) is 5.10 Å². The topological polar surface area (TPSA) is 99.9 Å². The van der Waals surface area contributed by atoms with Crippen molar-refractivity contribution in [2.45, 2.75) is 26.2 Å². The van der Waals surface area contributed by atoms with Gasteiger partial charge in [0.1, 0.15) is 5.82 Å². The number of nitrogens with one attached hydrogen (secondary N) is 2. The van der Waals surface area contributed by atoms with Gasteiger partial charge in [0.15, 0.2) is 5.69 Å². The number of halogens is 1. The molecule has 0 radical (unpaired) electrons. The summed E-state index contributed by atoms with van der Waals surface area (Å²) in [5.41, 5.74) is 12.3.